The van der Waals surface area contributed by atoms with Crippen LogP contribution in [-0.4, -0.2) is 50.0 Å². The predicted molar refractivity (Wildman–Crippen MR) is 59.2 cm³/mol. The van der Waals surface area contributed by atoms with E-state index in [1.165, 1.54) is 0 Å². The van der Waals surface area contributed by atoms with Gasteiger partial charge in [-0.05, 0) is 26.3 Å². The van der Waals surface area contributed by atoms with Crippen molar-refractivity contribution in [2.45, 2.75) is 12.8 Å². The van der Waals surface area contributed by atoms with E-state index < -0.39 is 0 Å². The van der Waals surface area contributed by atoms with Crippen LogP contribution in [0.1, 0.15) is 12.8 Å². The van der Waals surface area contributed by atoms with Crippen LogP contribution in [0.3, 0.4) is 0 Å². The monoisotopic (exact) mass is 204 g/mol. The van der Waals surface area contributed by atoms with Crippen molar-refractivity contribution < 1.29 is 4.79 Å². The zero-order valence-corrected chi connectivity index (χ0v) is 9.62. The van der Waals surface area contributed by atoms with E-state index in [4.69, 9.17) is 0 Å². The molecular formula is C9H20N2OS. The summed E-state index contributed by atoms with van der Waals surface area (Å²) in [6.45, 7) is 1.78. The molecule has 0 rings (SSSR count). The molecule has 0 aliphatic rings. The first-order chi connectivity index (χ1) is 6.22. The third kappa shape index (κ3) is 6.90. The van der Waals surface area contributed by atoms with Gasteiger partial charge < -0.3 is 10.2 Å². The quantitative estimate of drug-likeness (QED) is 0.623. The molecule has 13 heavy (non-hydrogen) atoms. The van der Waals surface area contributed by atoms with Crippen LogP contribution in [0.5, 0.6) is 0 Å². The second-order valence-electron chi connectivity index (χ2n) is 3.02. The maximum absolute atomic E-state index is 11.4. The van der Waals surface area contributed by atoms with Gasteiger partial charge in [-0.25, -0.2) is 0 Å². The standard InChI is InChI=1S/C9H20N2OS/c1-10-6-4-5-9(12)11(2)7-8-13-3/h10H,4-8H2,1-3H3. The average Bonchev–Trinajstić information content (AvgIpc) is 2.14. The maximum atomic E-state index is 11.4. The van der Waals surface area contributed by atoms with Gasteiger partial charge in [0, 0.05) is 25.8 Å². The van der Waals surface area contributed by atoms with Crippen LogP contribution in [0.25, 0.3) is 0 Å². The minimum atomic E-state index is 0.254. The lowest BCUT2D eigenvalue weighted by Crippen LogP contribution is -2.29. The molecule has 0 spiro atoms. The van der Waals surface area contributed by atoms with Gasteiger partial charge in [0.15, 0.2) is 0 Å². The highest BCUT2D eigenvalue weighted by atomic mass is 32.2. The Balaban J connectivity index is 3.45. The van der Waals surface area contributed by atoms with Gasteiger partial charge in [0.05, 0.1) is 0 Å². The van der Waals surface area contributed by atoms with E-state index in [0.29, 0.717) is 6.42 Å². The van der Waals surface area contributed by atoms with Crippen LogP contribution >= 0.6 is 11.8 Å². The van der Waals surface area contributed by atoms with Crippen LogP contribution in [0.15, 0.2) is 0 Å². The maximum Gasteiger partial charge on any atom is 0.222 e. The molecule has 0 aromatic rings. The molecular weight excluding hydrogens is 184 g/mol. The number of amides is 1. The number of carbonyl (C=O) groups is 1. The molecule has 78 valence electrons. The molecule has 0 unspecified atom stereocenters. The minimum Gasteiger partial charge on any atom is -0.345 e. The zero-order chi connectivity index (χ0) is 10.1. The first-order valence-corrected chi connectivity index (χ1v) is 5.99. The summed E-state index contributed by atoms with van der Waals surface area (Å²) in [5.41, 5.74) is 0. The summed E-state index contributed by atoms with van der Waals surface area (Å²) in [6, 6.07) is 0. The van der Waals surface area contributed by atoms with Gasteiger partial charge in [0.2, 0.25) is 5.91 Å². The minimum absolute atomic E-state index is 0.254. The van der Waals surface area contributed by atoms with E-state index in [0.717, 1.165) is 25.3 Å². The number of nitrogens with zero attached hydrogens (tertiary/aromatic N) is 1. The third-order valence-electron chi connectivity index (χ3n) is 1.87. The Kier molecular flexibility index (Phi) is 8.24. The van der Waals surface area contributed by atoms with Gasteiger partial charge in [-0.2, -0.15) is 11.8 Å². The fourth-order valence-corrected chi connectivity index (χ4v) is 1.42. The van der Waals surface area contributed by atoms with Gasteiger partial charge in [0.1, 0.15) is 0 Å². The van der Waals surface area contributed by atoms with Crippen LogP contribution < -0.4 is 5.32 Å². The molecule has 3 nitrogen and oxygen atoms in total. The molecule has 0 radical (unpaired) electrons. The lowest BCUT2D eigenvalue weighted by molar-refractivity contribution is -0.129. The summed E-state index contributed by atoms with van der Waals surface area (Å²) in [4.78, 5) is 13.2. The molecule has 0 atom stereocenters. The summed E-state index contributed by atoms with van der Waals surface area (Å²) in [6.07, 6.45) is 3.64. The van der Waals surface area contributed by atoms with E-state index in [-0.39, 0.29) is 5.91 Å². The summed E-state index contributed by atoms with van der Waals surface area (Å²) in [5, 5.41) is 3.03. The van der Waals surface area contributed by atoms with Gasteiger partial charge >= 0.3 is 0 Å². The first kappa shape index (κ1) is 12.8. The molecule has 0 saturated heterocycles. The second-order valence-corrected chi connectivity index (χ2v) is 4.00. The summed E-state index contributed by atoms with van der Waals surface area (Å²) in [7, 11) is 3.78. The van der Waals surface area contributed by atoms with Crippen LogP contribution in [0, 0.1) is 0 Å². The number of nitrogens with one attached hydrogen (secondary N) is 1. The fourth-order valence-electron chi connectivity index (χ4n) is 0.960. The van der Waals surface area contributed by atoms with Crippen molar-refractivity contribution in [2.75, 3.05) is 39.2 Å². The Bertz CT molecular complexity index is 142. The highest BCUT2D eigenvalue weighted by molar-refractivity contribution is 7.98. The fraction of sp³-hybridized carbons (Fsp3) is 0.889. The van der Waals surface area contributed by atoms with E-state index >= 15 is 0 Å². The SMILES string of the molecule is CNCCCC(=O)N(C)CCSC. The normalized spacial score (nSPS) is 10.1. The summed E-state index contributed by atoms with van der Waals surface area (Å²) >= 11 is 1.77. The molecule has 0 aromatic carbocycles. The van der Waals surface area contributed by atoms with Gasteiger partial charge in [-0.15, -0.1) is 0 Å². The van der Waals surface area contributed by atoms with Gasteiger partial charge in [-0.1, -0.05) is 0 Å². The van der Waals surface area contributed by atoms with Crippen molar-refractivity contribution in [3.8, 4) is 0 Å². The highest BCUT2D eigenvalue weighted by Gasteiger charge is 2.06. The molecule has 0 aliphatic carbocycles. The van der Waals surface area contributed by atoms with Crippen molar-refractivity contribution in [3.05, 3.63) is 0 Å². The molecule has 0 aromatic heterocycles. The van der Waals surface area contributed by atoms with Crippen molar-refractivity contribution in [2.24, 2.45) is 0 Å². The van der Waals surface area contributed by atoms with E-state index in [1.54, 1.807) is 11.8 Å². The Morgan fingerprint density at radius 3 is 2.77 bits per heavy atom. The van der Waals surface area contributed by atoms with Crippen LogP contribution in [0.2, 0.25) is 0 Å². The Morgan fingerprint density at radius 1 is 1.54 bits per heavy atom. The molecule has 4 heteroatoms. The zero-order valence-electron chi connectivity index (χ0n) is 8.80. The van der Waals surface area contributed by atoms with E-state index in [2.05, 4.69) is 11.6 Å². The number of thioether (sulfide) groups is 1. The number of hydrogen-bond donors (Lipinski definition) is 1. The van der Waals surface area contributed by atoms with Gasteiger partial charge in [-0.3, -0.25) is 4.79 Å². The lowest BCUT2D eigenvalue weighted by Gasteiger charge is -2.16. The predicted octanol–water partition coefficient (Wildman–Crippen LogP) is 0.807. The average molecular weight is 204 g/mol. The molecule has 0 saturated carbocycles. The Hall–Kier alpha value is -0.220. The smallest absolute Gasteiger partial charge is 0.222 e. The molecule has 1 amide bonds. The molecule has 0 heterocycles. The first-order valence-electron chi connectivity index (χ1n) is 4.60. The third-order valence-corrected chi connectivity index (χ3v) is 2.46. The Morgan fingerprint density at radius 2 is 2.23 bits per heavy atom. The van der Waals surface area contributed by atoms with Crippen LogP contribution in [-0.2, 0) is 4.79 Å². The second kappa shape index (κ2) is 8.38. The largest absolute Gasteiger partial charge is 0.345 e. The number of rotatable bonds is 7. The molecule has 1 N–H and O–H groups in total. The molecule has 0 aliphatic heterocycles. The van der Waals surface area contributed by atoms with Crippen molar-refractivity contribution >= 4 is 17.7 Å². The molecule has 0 bridgehead atoms. The van der Waals surface area contributed by atoms with E-state index in [1.807, 2.05) is 19.0 Å². The topological polar surface area (TPSA) is 32.3 Å². The van der Waals surface area contributed by atoms with Crippen molar-refractivity contribution in [3.63, 3.8) is 0 Å². The van der Waals surface area contributed by atoms with Gasteiger partial charge in [0.25, 0.3) is 0 Å². The van der Waals surface area contributed by atoms with Crippen LogP contribution in [0.4, 0.5) is 0 Å². The summed E-state index contributed by atoms with van der Waals surface area (Å²) < 4.78 is 0. The van der Waals surface area contributed by atoms with E-state index in [9.17, 15) is 4.79 Å². The molecule has 0 fully saturated rings. The lowest BCUT2D eigenvalue weighted by atomic mass is 10.3. The number of hydrogen-bond acceptors (Lipinski definition) is 3. The van der Waals surface area contributed by atoms with Crippen molar-refractivity contribution in [1.82, 2.24) is 10.2 Å². The summed E-state index contributed by atoms with van der Waals surface area (Å²) in [5.74, 6) is 1.28. The number of carbonyl (C=O) groups excluding carboxylic acids is 1. The van der Waals surface area contributed by atoms with Crippen molar-refractivity contribution in [1.29, 1.82) is 0 Å². The highest BCUT2D eigenvalue weighted by Crippen LogP contribution is 1.97. The Labute approximate surface area is 85.3 Å².